The number of aromatic amines is 1. The number of aromatic nitrogens is 1. The summed E-state index contributed by atoms with van der Waals surface area (Å²) < 4.78 is 5.77. The molecule has 1 aromatic heterocycles. The highest BCUT2D eigenvalue weighted by atomic mass is 32.1. The predicted molar refractivity (Wildman–Crippen MR) is 107 cm³/mol. The van der Waals surface area contributed by atoms with Crippen molar-refractivity contribution in [2.45, 2.75) is 19.4 Å². The Morgan fingerprint density at radius 2 is 1.89 bits per heavy atom. The number of benzene rings is 2. The second-order valence-electron chi connectivity index (χ2n) is 6.69. The number of thiazole rings is 1. The molecule has 0 saturated heterocycles. The minimum Gasteiger partial charge on any atom is -0.494 e. The molecule has 6 nitrogen and oxygen atoms in total. The number of aromatic hydroxyl groups is 1. The number of amides is 1. The van der Waals surface area contributed by atoms with Gasteiger partial charge in [0.2, 0.25) is 5.88 Å². The van der Waals surface area contributed by atoms with Crippen LogP contribution in [0.5, 0.6) is 11.6 Å². The van der Waals surface area contributed by atoms with Crippen LogP contribution < -0.4 is 9.61 Å². The van der Waals surface area contributed by atoms with Crippen molar-refractivity contribution in [1.29, 1.82) is 0 Å². The van der Waals surface area contributed by atoms with Crippen LogP contribution in [0.15, 0.2) is 53.3 Å². The zero-order chi connectivity index (χ0) is 19.5. The number of ether oxygens (including phenoxy) is 1. The summed E-state index contributed by atoms with van der Waals surface area (Å²) in [6.45, 7) is 1.86. The number of nitrogens with one attached hydrogen (secondary N) is 1. The Kier molecular flexibility index (Phi) is 5.16. The van der Waals surface area contributed by atoms with E-state index < -0.39 is 0 Å². The van der Waals surface area contributed by atoms with Gasteiger partial charge < -0.3 is 14.7 Å². The molecule has 0 atom stereocenters. The summed E-state index contributed by atoms with van der Waals surface area (Å²) in [5.41, 5.74) is 2.87. The number of carbonyl (C=O) groups is 1. The molecular formula is C21H20N2O4S. The summed E-state index contributed by atoms with van der Waals surface area (Å²) in [6, 6.07) is 15.3. The van der Waals surface area contributed by atoms with Crippen molar-refractivity contribution in [2.24, 2.45) is 0 Å². The monoisotopic (exact) mass is 396 g/mol. The van der Waals surface area contributed by atoms with Gasteiger partial charge >= 0.3 is 4.87 Å². The Morgan fingerprint density at radius 1 is 1.11 bits per heavy atom. The number of fused-ring (bicyclic) bond motifs is 1. The van der Waals surface area contributed by atoms with Gasteiger partial charge in [-0.3, -0.25) is 14.6 Å². The summed E-state index contributed by atoms with van der Waals surface area (Å²) in [7, 11) is 0. The third-order valence-corrected chi connectivity index (χ3v) is 5.60. The number of rotatable bonds is 7. The van der Waals surface area contributed by atoms with Gasteiger partial charge in [-0.15, -0.1) is 0 Å². The van der Waals surface area contributed by atoms with Gasteiger partial charge in [-0.1, -0.05) is 41.7 Å². The molecule has 2 aromatic carbocycles. The molecule has 2 N–H and O–H groups in total. The normalized spacial score (nSPS) is 13.0. The van der Waals surface area contributed by atoms with E-state index in [1.807, 2.05) is 53.4 Å². The summed E-state index contributed by atoms with van der Waals surface area (Å²) in [5.74, 6) is 0.787. The number of H-pyrrole nitrogens is 1. The molecule has 1 aliphatic heterocycles. The van der Waals surface area contributed by atoms with Crippen LogP contribution in [0.1, 0.15) is 32.8 Å². The molecule has 0 saturated carbocycles. The topological polar surface area (TPSA) is 82.6 Å². The lowest BCUT2D eigenvalue weighted by molar-refractivity contribution is 0.0770. The Hall–Kier alpha value is -3.06. The molecule has 0 fully saturated rings. The smallest absolute Gasteiger partial charge is 0.307 e. The summed E-state index contributed by atoms with van der Waals surface area (Å²) in [4.78, 5) is 28.1. The average molecular weight is 396 g/mol. The van der Waals surface area contributed by atoms with Crippen molar-refractivity contribution in [1.82, 2.24) is 9.88 Å². The number of hydrogen-bond donors (Lipinski definition) is 2. The summed E-state index contributed by atoms with van der Waals surface area (Å²) in [5, 5.41) is 9.66. The van der Waals surface area contributed by atoms with Crippen molar-refractivity contribution in [3.63, 3.8) is 0 Å². The largest absolute Gasteiger partial charge is 0.494 e. The van der Waals surface area contributed by atoms with Crippen molar-refractivity contribution in [3.05, 3.63) is 79.8 Å². The first-order chi connectivity index (χ1) is 13.6. The Bertz CT molecular complexity index is 1040. The van der Waals surface area contributed by atoms with Gasteiger partial charge in [-0.2, -0.15) is 0 Å². The van der Waals surface area contributed by atoms with Crippen LogP contribution in [0.25, 0.3) is 0 Å². The summed E-state index contributed by atoms with van der Waals surface area (Å²) in [6.07, 6.45) is 1.25. The standard InChI is InChI=1S/C21H20N2O4S/c24-19-18(28-21(26)22-19)12-14-6-8-16(9-7-14)27-11-3-10-23-13-15-4-1-2-5-17(15)20(23)25/h1-2,4-9,24H,3,10-13H2,(H,22,26). The lowest BCUT2D eigenvalue weighted by Crippen LogP contribution is -2.26. The van der Waals surface area contributed by atoms with Crippen LogP contribution in [0, 0.1) is 0 Å². The van der Waals surface area contributed by atoms with Gasteiger partial charge in [0.25, 0.3) is 5.91 Å². The number of hydrogen-bond acceptors (Lipinski definition) is 5. The van der Waals surface area contributed by atoms with Gasteiger partial charge in [0, 0.05) is 25.1 Å². The van der Waals surface area contributed by atoms with E-state index in [4.69, 9.17) is 4.74 Å². The van der Waals surface area contributed by atoms with Crippen molar-refractivity contribution in [3.8, 4) is 11.6 Å². The molecule has 3 aromatic rings. The second-order valence-corrected chi connectivity index (χ2v) is 7.76. The van der Waals surface area contributed by atoms with Crippen molar-refractivity contribution >= 4 is 17.2 Å². The first kappa shape index (κ1) is 18.3. The van der Waals surface area contributed by atoms with E-state index >= 15 is 0 Å². The molecule has 0 unspecified atom stereocenters. The minimum absolute atomic E-state index is 0.0612. The van der Waals surface area contributed by atoms with E-state index in [1.165, 1.54) is 0 Å². The Balaban J connectivity index is 1.24. The van der Waals surface area contributed by atoms with E-state index in [9.17, 15) is 14.7 Å². The lowest BCUT2D eigenvalue weighted by atomic mass is 10.1. The number of nitrogens with zero attached hydrogens (tertiary/aromatic N) is 1. The van der Waals surface area contributed by atoms with Crippen LogP contribution in [0.4, 0.5) is 0 Å². The van der Waals surface area contributed by atoms with Gasteiger partial charge in [-0.25, -0.2) is 0 Å². The quantitative estimate of drug-likeness (QED) is 0.601. The van der Waals surface area contributed by atoms with E-state index in [0.717, 1.165) is 40.2 Å². The molecule has 2 heterocycles. The van der Waals surface area contributed by atoms with Gasteiger partial charge in [0.1, 0.15) is 5.75 Å². The third kappa shape index (κ3) is 3.94. The van der Waals surface area contributed by atoms with Crippen LogP contribution in [-0.2, 0) is 13.0 Å². The second kappa shape index (κ2) is 7.90. The van der Waals surface area contributed by atoms with Crippen molar-refractivity contribution < 1.29 is 14.6 Å². The van der Waals surface area contributed by atoms with E-state index in [0.29, 0.717) is 31.0 Å². The van der Waals surface area contributed by atoms with Crippen LogP contribution in [0.2, 0.25) is 0 Å². The van der Waals surface area contributed by atoms with Crippen LogP contribution >= 0.6 is 11.3 Å². The first-order valence-corrected chi connectivity index (χ1v) is 9.91. The Labute approximate surface area is 166 Å². The highest BCUT2D eigenvalue weighted by molar-refractivity contribution is 7.09. The van der Waals surface area contributed by atoms with Crippen molar-refractivity contribution in [2.75, 3.05) is 13.2 Å². The van der Waals surface area contributed by atoms with Crippen LogP contribution in [0.3, 0.4) is 0 Å². The molecular weight excluding hydrogens is 376 g/mol. The van der Waals surface area contributed by atoms with E-state index in [1.54, 1.807) is 0 Å². The molecule has 7 heteroatoms. The summed E-state index contributed by atoms with van der Waals surface area (Å²) >= 11 is 1.01. The number of carbonyl (C=O) groups excluding carboxylic acids is 1. The Morgan fingerprint density at radius 3 is 2.61 bits per heavy atom. The maximum Gasteiger partial charge on any atom is 0.307 e. The third-order valence-electron chi connectivity index (χ3n) is 4.73. The highest BCUT2D eigenvalue weighted by Crippen LogP contribution is 2.23. The molecule has 28 heavy (non-hydrogen) atoms. The molecule has 0 bridgehead atoms. The van der Waals surface area contributed by atoms with Gasteiger partial charge in [0.05, 0.1) is 11.5 Å². The van der Waals surface area contributed by atoms with E-state index in [-0.39, 0.29) is 16.7 Å². The molecule has 0 radical (unpaired) electrons. The maximum atomic E-state index is 12.3. The molecule has 4 rings (SSSR count). The lowest BCUT2D eigenvalue weighted by Gasteiger charge is -2.15. The molecule has 0 aliphatic carbocycles. The molecule has 144 valence electrons. The SMILES string of the molecule is O=C1c2ccccc2CN1CCCOc1ccc(Cc2sc(=O)[nH]c2O)cc1. The van der Waals surface area contributed by atoms with Gasteiger partial charge in [-0.05, 0) is 35.7 Å². The molecule has 0 spiro atoms. The predicted octanol–water partition coefficient (Wildman–Crippen LogP) is 3.16. The molecule has 1 amide bonds. The fourth-order valence-electron chi connectivity index (χ4n) is 3.30. The first-order valence-electron chi connectivity index (χ1n) is 9.10. The highest BCUT2D eigenvalue weighted by Gasteiger charge is 2.25. The van der Waals surface area contributed by atoms with Gasteiger partial charge in [0.15, 0.2) is 0 Å². The zero-order valence-corrected chi connectivity index (χ0v) is 16.0. The zero-order valence-electron chi connectivity index (χ0n) is 15.2. The molecule has 1 aliphatic rings. The van der Waals surface area contributed by atoms with Crippen LogP contribution in [-0.4, -0.2) is 34.0 Å². The minimum atomic E-state index is -0.257. The maximum absolute atomic E-state index is 12.3. The average Bonchev–Trinajstić information content (AvgIpc) is 3.19. The fraction of sp³-hybridized carbons (Fsp3) is 0.238. The van der Waals surface area contributed by atoms with E-state index in [2.05, 4.69) is 4.98 Å². The fourth-order valence-corrected chi connectivity index (χ4v) is 4.06.